The Hall–Kier alpha value is -0.610. The number of esters is 1. The first-order chi connectivity index (χ1) is 5.08. The lowest BCUT2D eigenvalue weighted by molar-refractivity contribution is -0.218. The summed E-state index contributed by atoms with van der Waals surface area (Å²) < 4.78 is 9.35. The predicted octanol–water partition coefficient (Wildman–Crippen LogP) is 0.0469. The Morgan fingerprint density at radius 1 is 1.82 bits per heavy atom. The van der Waals surface area contributed by atoms with Crippen molar-refractivity contribution in [1.82, 2.24) is 0 Å². The number of carbonyl (C=O) groups excluding carboxylic acids is 1. The Bertz CT molecular complexity index is 168. The molecule has 0 amide bonds. The van der Waals surface area contributed by atoms with Gasteiger partial charge in [-0.3, -0.25) is 0 Å². The maximum Gasteiger partial charge on any atom is 0.366 e. The molecule has 0 aromatic carbocycles. The van der Waals surface area contributed by atoms with Gasteiger partial charge in [0.15, 0.2) is 0 Å². The molecule has 64 valence electrons. The lowest BCUT2D eigenvalue weighted by Gasteiger charge is -2.18. The van der Waals surface area contributed by atoms with Crippen molar-refractivity contribution in [3.8, 4) is 0 Å². The van der Waals surface area contributed by atoms with Crippen LogP contribution in [0.1, 0.15) is 19.8 Å². The zero-order valence-corrected chi connectivity index (χ0v) is 6.66. The van der Waals surface area contributed by atoms with Gasteiger partial charge in [0, 0.05) is 6.42 Å². The van der Waals surface area contributed by atoms with Crippen LogP contribution in [0.15, 0.2) is 0 Å². The lowest BCUT2D eigenvalue weighted by atomic mass is 10.1. The molecule has 0 saturated carbocycles. The number of methoxy groups -OCH3 is 1. The van der Waals surface area contributed by atoms with Crippen LogP contribution in [0.25, 0.3) is 0 Å². The van der Waals surface area contributed by atoms with Crippen molar-refractivity contribution in [3.05, 3.63) is 0 Å². The van der Waals surface area contributed by atoms with Gasteiger partial charge in [-0.05, 0) is 13.3 Å². The molecule has 1 saturated heterocycles. The van der Waals surface area contributed by atoms with Gasteiger partial charge < -0.3 is 14.6 Å². The van der Waals surface area contributed by atoms with Crippen molar-refractivity contribution in [3.63, 3.8) is 0 Å². The third-order valence-electron chi connectivity index (χ3n) is 1.79. The molecule has 4 heteroatoms. The average molecular weight is 160 g/mol. The largest absolute Gasteiger partial charge is 0.465 e. The summed E-state index contributed by atoms with van der Waals surface area (Å²) in [6.45, 7) is 1.81. The molecule has 11 heavy (non-hydrogen) atoms. The van der Waals surface area contributed by atoms with Gasteiger partial charge in [0.25, 0.3) is 5.79 Å². The second kappa shape index (κ2) is 2.79. The minimum Gasteiger partial charge on any atom is -0.465 e. The molecule has 0 aromatic heterocycles. The van der Waals surface area contributed by atoms with Crippen LogP contribution in [-0.2, 0) is 14.3 Å². The third kappa shape index (κ3) is 1.52. The number of hydrogen-bond donors (Lipinski definition) is 1. The predicted molar refractivity (Wildman–Crippen MR) is 36.7 cm³/mol. The van der Waals surface area contributed by atoms with Crippen molar-refractivity contribution >= 4 is 5.97 Å². The number of aliphatic hydroxyl groups is 1. The molecule has 0 bridgehead atoms. The maximum atomic E-state index is 10.9. The summed E-state index contributed by atoms with van der Waals surface area (Å²) >= 11 is 0. The highest BCUT2D eigenvalue weighted by Crippen LogP contribution is 2.28. The SMILES string of the molecule is COC(=O)C1(O)CCC(C)O1. The van der Waals surface area contributed by atoms with E-state index in [1.165, 1.54) is 7.11 Å². The molecular weight excluding hydrogens is 148 g/mol. The van der Waals surface area contributed by atoms with Gasteiger partial charge in [-0.2, -0.15) is 0 Å². The highest BCUT2D eigenvalue weighted by atomic mass is 16.7. The third-order valence-corrected chi connectivity index (χ3v) is 1.79. The quantitative estimate of drug-likeness (QED) is 0.550. The first-order valence-corrected chi connectivity index (χ1v) is 3.57. The summed E-state index contributed by atoms with van der Waals surface area (Å²) in [6, 6.07) is 0. The van der Waals surface area contributed by atoms with Crippen LogP contribution < -0.4 is 0 Å². The molecule has 1 rings (SSSR count). The molecular formula is C7H12O4. The molecule has 2 unspecified atom stereocenters. The summed E-state index contributed by atoms with van der Waals surface area (Å²) in [4.78, 5) is 10.9. The Balaban J connectivity index is 2.61. The molecule has 0 spiro atoms. The Morgan fingerprint density at radius 3 is 2.82 bits per heavy atom. The molecule has 1 aliphatic heterocycles. The fraction of sp³-hybridized carbons (Fsp3) is 0.857. The van der Waals surface area contributed by atoms with Gasteiger partial charge in [-0.25, -0.2) is 4.79 Å². The molecule has 1 aliphatic rings. The molecule has 1 fully saturated rings. The Labute approximate surface area is 65.1 Å². The van der Waals surface area contributed by atoms with Crippen molar-refractivity contribution in [2.75, 3.05) is 7.11 Å². The molecule has 4 nitrogen and oxygen atoms in total. The summed E-state index contributed by atoms with van der Waals surface area (Å²) in [5.74, 6) is -2.39. The molecule has 0 aliphatic carbocycles. The Kier molecular flexibility index (Phi) is 2.15. The van der Waals surface area contributed by atoms with Crippen molar-refractivity contribution in [2.24, 2.45) is 0 Å². The summed E-state index contributed by atoms with van der Waals surface area (Å²) in [6.07, 6.45) is 0.936. The van der Waals surface area contributed by atoms with E-state index in [1.54, 1.807) is 6.92 Å². The molecule has 1 heterocycles. The topological polar surface area (TPSA) is 55.8 Å². The number of rotatable bonds is 1. The van der Waals surface area contributed by atoms with Crippen molar-refractivity contribution in [2.45, 2.75) is 31.7 Å². The van der Waals surface area contributed by atoms with E-state index in [2.05, 4.69) is 4.74 Å². The van der Waals surface area contributed by atoms with Crippen molar-refractivity contribution < 1.29 is 19.4 Å². The number of hydrogen-bond acceptors (Lipinski definition) is 4. The maximum absolute atomic E-state index is 10.9. The average Bonchev–Trinajstić information content (AvgIpc) is 2.31. The van der Waals surface area contributed by atoms with Crippen molar-refractivity contribution in [1.29, 1.82) is 0 Å². The highest BCUT2D eigenvalue weighted by molar-refractivity contribution is 5.77. The van der Waals surface area contributed by atoms with E-state index in [-0.39, 0.29) is 6.10 Å². The van der Waals surface area contributed by atoms with Gasteiger partial charge in [0.1, 0.15) is 0 Å². The minimum atomic E-state index is -1.69. The number of ether oxygens (including phenoxy) is 2. The van der Waals surface area contributed by atoms with E-state index in [0.717, 1.165) is 0 Å². The zero-order chi connectivity index (χ0) is 8.48. The monoisotopic (exact) mass is 160 g/mol. The van der Waals surface area contributed by atoms with Gasteiger partial charge in [-0.1, -0.05) is 0 Å². The van der Waals surface area contributed by atoms with Crippen LogP contribution in [0.5, 0.6) is 0 Å². The fourth-order valence-corrected chi connectivity index (χ4v) is 1.16. The van der Waals surface area contributed by atoms with Gasteiger partial charge in [-0.15, -0.1) is 0 Å². The zero-order valence-electron chi connectivity index (χ0n) is 6.66. The minimum absolute atomic E-state index is 0.0703. The normalized spacial score (nSPS) is 37.2. The lowest BCUT2D eigenvalue weighted by Crippen LogP contribution is -2.39. The molecule has 0 aromatic rings. The van der Waals surface area contributed by atoms with E-state index in [1.807, 2.05) is 0 Å². The van der Waals surface area contributed by atoms with E-state index >= 15 is 0 Å². The molecule has 2 atom stereocenters. The van der Waals surface area contributed by atoms with Gasteiger partial charge >= 0.3 is 5.97 Å². The Morgan fingerprint density at radius 2 is 2.45 bits per heavy atom. The summed E-state index contributed by atoms with van der Waals surface area (Å²) in [5.41, 5.74) is 0. The van der Waals surface area contributed by atoms with Crippen LogP contribution in [0.3, 0.4) is 0 Å². The van der Waals surface area contributed by atoms with Crippen LogP contribution in [-0.4, -0.2) is 30.1 Å². The van der Waals surface area contributed by atoms with E-state index in [9.17, 15) is 9.90 Å². The van der Waals surface area contributed by atoms with E-state index in [0.29, 0.717) is 12.8 Å². The smallest absolute Gasteiger partial charge is 0.366 e. The fourth-order valence-electron chi connectivity index (χ4n) is 1.16. The first-order valence-electron chi connectivity index (χ1n) is 3.57. The number of carbonyl (C=O) groups is 1. The van der Waals surface area contributed by atoms with Crippen LogP contribution in [0, 0.1) is 0 Å². The summed E-state index contributed by atoms with van der Waals surface area (Å²) in [5, 5.41) is 9.43. The first kappa shape index (κ1) is 8.49. The van der Waals surface area contributed by atoms with E-state index < -0.39 is 11.8 Å². The molecule has 0 radical (unpaired) electrons. The second-order valence-electron chi connectivity index (χ2n) is 2.74. The second-order valence-corrected chi connectivity index (χ2v) is 2.74. The standard InChI is InChI=1S/C7H12O4/c1-5-3-4-7(9,11-5)6(8)10-2/h5,9H,3-4H2,1-2H3. The molecule has 1 N–H and O–H groups in total. The van der Waals surface area contributed by atoms with E-state index in [4.69, 9.17) is 4.74 Å². The van der Waals surface area contributed by atoms with Gasteiger partial charge in [0.2, 0.25) is 0 Å². The van der Waals surface area contributed by atoms with Crippen LogP contribution >= 0.6 is 0 Å². The van der Waals surface area contributed by atoms with Crippen LogP contribution in [0.4, 0.5) is 0 Å². The summed E-state index contributed by atoms with van der Waals surface area (Å²) in [7, 11) is 1.23. The van der Waals surface area contributed by atoms with Crippen LogP contribution in [0.2, 0.25) is 0 Å². The highest BCUT2D eigenvalue weighted by Gasteiger charge is 2.44. The van der Waals surface area contributed by atoms with Gasteiger partial charge in [0.05, 0.1) is 13.2 Å².